The predicted octanol–water partition coefficient (Wildman–Crippen LogP) is 5.32. The van der Waals surface area contributed by atoms with Crippen LogP contribution in [0, 0.1) is 5.92 Å². The third-order valence-electron chi connectivity index (χ3n) is 6.44. The molecule has 2 aliphatic rings. The minimum atomic E-state index is -4.21. The molecule has 2 aliphatic carbocycles. The standard InChI is InChI=1S/C21H29F3N4S/c1-28(16-8-7-15(9-16)25-12-14-5-3-2-4-6-14)19-18-10-17(11-21(22,23)24)29-20(18)27-13-26-19/h10,13-16,25H,2-9,11-12H2,1H3. The molecule has 0 spiro atoms. The number of halogens is 3. The number of nitrogens with zero attached hydrogens (tertiary/aromatic N) is 3. The van der Waals surface area contributed by atoms with Crippen molar-refractivity contribution in [3.63, 3.8) is 0 Å². The van der Waals surface area contributed by atoms with Gasteiger partial charge < -0.3 is 10.2 Å². The monoisotopic (exact) mass is 426 g/mol. The van der Waals surface area contributed by atoms with Crippen molar-refractivity contribution in [3.8, 4) is 0 Å². The van der Waals surface area contributed by atoms with E-state index < -0.39 is 12.6 Å². The summed E-state index contributed by atoms with van der Waals surface area (Å²) in [7, 11) is 2.01. The third-order valence-corrected chi connectivity index (χ3v) is 7.48. The van der Waals surface area contributed by atoms with Gasteiger partial charge in [0.15, 0.2) is 0 Å². The summed E-state index contributed by atoms with van der Waals surface area (Å²) in [5, 5.41) is 4.51. The molecule has 2 atom stereocenters. The minimum absolute atomic E-state index is 0.293. The minimum Gasteiger partial charge on any atom is -0.356 e. The van der Waals surface area contributed by atoms with Crippen molar-refractivity contribution in [1.82, 2.24) is 15.3 Å². The van der Waals surface area contributed by atoms with Gasteiger partial charge in [-0.05, 0) is 50.6 Å². The molecule has 2 heterocycles. The quantitative estimate of drug-likeness (QED) is 0.678. The molecule has 2 aromatic heterocycles. The molecule has 0 bridgehead atoms. The van der Waals surface area contributed by atoms with Crippen molar-refractivity contribution < 1.29 is 13.2 Å². The van der Waals surface area contributed by atoms with Crippen LogP contribution in [0.1, 0.15) is 56.2 Å². The summed E-state index contributed by atoms with van der Waals surface area (Å²) in [6, 6.07) is 2.49. The second kappa shape index (κ2) is 8.76. The SMILES string of the molecule is CN(c1ncnc2sc(CC(F)(F)F)cc12)C1CCC(NCC2CCCCC2)C1. The Morgan fingerprint density at radius 3 is 2.69 bits per heavy atom. The molecule has 8 heteroatoms. The largest absolute Gasteiger partial charge is 0.393 e. The van der Waals surface area contributed by atoms with Crippen molar-refractivity contribution >= 4 is 27.4 Å². The Morgan fingerprint density at radius 2 is 1.93 bits per heavy atom. The highest BCUT2D eigenvalue weighted by Crippen LogP contribution is 2.36. The molecular formula is C21H29F3N4S. The van der Waals surface area contributed by atoms with E-state index in [0.29, 0.717) is 21.8 Å². The van der Waals surface area contributed by atoms with Crippen LogP contribution < -0.4 is 10.2 Å². The Labute approximate surface area is 173 Å². The maximum Gasteiger partial charge on any atom is 0.393 e. The normalized spacial score (nSPS) is 23.7. The maximum atomic E-state index is 12.8. The van der Waals surface area contributed by atoms with Crippen molar-refractivity contribution in [2.75, 3.05) is 18.5 Å². The van der Waals surface area contributed by atoms with E-state index in [9.17, 15) is 13.2 Å². The van der Waals surface area contributed by atoms with Crippen LogP contribution >= 0.6 is 11.3 Å². The molecule has 4 rings (SSSR count). The maximum absolute atomic E-state index is 12.8. The van der Waals surface area contributed by atoms with E-state index in [1.807, 2.05) is 7.05 Å². The zero-order valence-electron chi connectivity index (χ0n) is 16.8. The number of hydrogen-bond donors (Lipinski definition) is 1. The van der Waals surface area contributed by atoms with E-state index in [2.05, 4.69) is 20.2 Å². The molecule has 1 N–H and O–H groups in total. The average Bonchev–Trinajstić information content (AvgIpc) is 3.31. The first kappa shape index (κ1) is 20.8. The third kappa shape index (κ3) is 5.20. The molecule has 0 radical (unpaired) electrons. The summed E-state index contributed by atoms with van der Waals surface area (Å²) in [6.45, 7) is 1.12. The highest BCUT2D eigenvalue weighted by Gasteiger charge is 2.31. The molecule has 29 heavy (non-hydrogen) atoms. The number of rotatable bonds is 6. The Morgan fingerprint density at radius 1 is 1.14 bits per heavy atom. The summed E-state index contributed by atoms with van der Waals surface area (Å²) in [4.78, 5) is 11.7. The van der Waals surface area contributed by atoms with Crippen molar-refractivity contribution in [2.24, 2.45) is 5.92 Å². The van der Waals surface area contributed by atoms with Crippen LogP contribution in [0.5, 0.6) is 0 Å². The molecule has 4 nitrogen and oxygen atoms in total. The molecule has 2 unspecified atom stereocenters. The fourth-order valence-corrected chi connectivity index (χ4v) is 5.87. The van der Waals surface area contributed by atoms with E-state index in [1.54, 1.807) is 6.07 Å². The molecule has 0 amide bonds. The zero-order valence-corrected chi connectivity index (χ0v) is 17.7. The first-order chi connectivity index (χ1) is 13.9. The predicted molar refractivity (Wildman–Crippen MR) is 112 cm³/mol. The van der Waals surface area contributed by atoms with Gasteiger partial charge in [-0.15, -0.1) is 11.3 Å². The van der Waals surface area contributed by atoms with E-state index >= 15 is 0 Å². The Hall–Kier alpha value is -1.41. The van der Waals surface area contributed by atoms with Crippen LogP contribution in [0.15, 0.2) is 12.4 Å². The van der Waals surface area contributed by atoms with Gasteiger partial charge in [-0.25, -0.2) is 9.97 Å². The van der Waals surface area contributed by atoms with E-state index in [-0.39, 0.29) is 0 Å². The number of aromatic nitrogens is 2. The van der Waals surface area contributed by atoms with Gasteiger partial charge in [0.05, 0.1) is 11.8 Å². The molecular weight excluding hydrogens is 397 g/mol. The Kier molecular flexibility index (Phi) is 6.30. The van der Waals surface area contributed by atoms with Crippen LogP contribution in [0.25, 0.3) is 10.2 Å². The number of fused-ring (bicyclic) bond motifs is 1. The van der Waals surface area contributed by atoms with Crippen LogP contribution in [-0.2, 0) is 6.42 Å². The smallest absolute Gasteiger partial charge is 0.356 e. The lowest BCUT2D eigenvalue weighted by atomic mass is 9.89. The summed E-state index contributed by atoms with van der Waals surface area (Å²) < 4.78 is 38.3. The molecule has 0 aromatic carbocycles. The van der Waals surface area contributed by atoms with Gasteiger partial charge in [0, 0.05) is 24.0 Å². The summed E-state index contributed by atoms with van der Waals surface area (Å²) in [5.74, 6) is 1.57. The molecule has 2 saturated carbocycles. The van der Waals surface area contributed by atoms with Gasteiger partial charge in [-0.2, -0.15) is 13.2 Å². The first-order valence-corrected chi connectivity index (χ1v) is 11.5. The number of hydrogen-bond acceptors (Lipinski definition) is 5. The summed E-state index contributed by atoms with van der Waals surface area (Å²) in [5.41, 5.74) is 0. The van der Waals surface area contributed by atoms with Crippen LogP contribution in [0.2, 0.25) is 0 Å². The van der Waals surface area contributed by atoms with Crippen LogP contribution in [0.4, 0.5) is 19.0 Å². The average molecular weight is 427 g/mol. The van der Waals surface area contributed by atoms with E-state index in [0.717, 1.165) is 54.3 Å². The number of anilines is 1. The molecule has 2 aromatic rings. The topological polar surface area (TPSA) is 41.1 Å². The number of nitrogens with one attached hydrogen (secondary N) is 1. The molecule has 160 valence electrons. The second-order valence-electron chi connectivity index (χ2n) is 8.61. The number of thiophene rings is 1. The Bertz CT molecular complexity index is 816. The van der Waals surface area contributed by atoms with Gasteiger partial charge >= 0.3 is 6.18 Å². The highest BCUT2D eigenvalue weighted by atomic mass is 32.1. The lowest BCUT2D eigenvalue weighted by molar-refractivity contribution is -0.126. The summed E-state index contributed by atoms with van der Waals surface area (Å²) >= 11 is 1.11. The lowest BCUT2D eigenvalue weighted by Crippen LogP contribution is -2.35. The Balaban J connectivity index is 1.40. The van der Waals surface area contributed by atoms with Gasteiger partial charge in [0.1, 0.15) is 17.0 Å². The van der Waals surface area contributed by atoms with Crippen molar-refractivity contribution in [1.29, 1.82) is 0 Å². The number of alkyl halides is 3. The zero-order chi connectivity index (χ0) is 20.4. The fourth-order valence-electron chi connectivity index (χ4n) is 4.85. The van der Waals surface area contributed by atoms with Gasteiger partial charge in [-0.3, -0.25) is 0 Å². The summed E-state index contributed by atoms with van der Waals surface area (Å²) in [6.07, 6.45) is 6.42. The molecule has 2 fully saturated rings. The highest BCUT2D eigenvalue weighted by molar-refractivity contribution is 7.18. The molecule has 0 saturated heterocycles. The van der Waals surface area contributed by atoms with Crippen molar-refractivity contribution in [2.45, 2.75) is 76.0 Å². The fraction of sp³-hybridized carbons (Fsp3) is 0.714. The van der Waals surface area contributed by atoms with Gasteiger partial charge in [0.2, 0.25) is 0 Å². The lowest BCUT2D eigenvalue weighted by Gasteiger charge is -2.27. The van der Waals surface area contributed by atoms with E-state index in [1.165, 1.54) is 38.4 Å². The van der Waals surface area contributed by atoms with Gasteiger partial charge in [0.25, 0.3) is 0 Å². The molecule has 0 aliphatic heterocycles. The van der Waals surface area contributed by atoms with Crippen molar-refractivity contribution in [3.05, 3.63) is 17.3 Å². The first-order valence-electron chi connectivity index (χ1n) is 10.7. The van der Waals surface area contributed by atoms with Crippen LogP contribution in [0.3, 0.4) is 0 Å². The second-order valence-corrected chi connectivity index (χ2v) is 9.72. The van der Waals surface area contributed by atoms with Crippen LogP contribution in [-0.4, -0.2) is 41.8 Å². The van der Waals surface area contributed by atoms with Gasteiger partial charge in [-0.1, -0.05) is 19.3 Å². The van der Waals surface area contributed by atoms with E-state index in [4.69, 9.17) is 0 Å².